The van der Waals surface area contributed by atoms with Gasteiger partial charge in [0.2, 0.25) is 25.9 Å². The number of nitrogens with one attached hydrogen (secondary N) is 3. The molecule has 4 aromatic rings. The number of hydrogen-bond donors (Lipinski definition) is 5. The van der Waals surface area contributed by atoms with Crippen LogP contribution in [0.1, 0.15) is 13.8 Å². The maximum absolute atomic E-state index is 13.0. The lowest BCUT2D eigenvalue weighted by Crippen LogP contribution is -2.32. The molecule has 0 unspecified atom stereocenters. The van der Waals surface area contributed by atoms with Gasteiger partial charge in [-0.1, -0.05) is 18.2 Å². The van der Waals surface area contributed by atoms with E-state index in [-0.39, 0.29) is 22.9 Å². The molecule has 7 N–H and O–H groups in total. The van der Waals surface area contributed by atoms with E-state index in [1.165, 1.54) is 6.07 Å². The van der Waals surface area contributed by atoms with E-state index in [0.717, 1.165) is 6.07 Å². The second-order valence-corrected chi connectivity index (χ2v) is 10.4. The summed E-state index contributed by atoms with van der Waals surface area (Å²) in [6.45, 7) is 3.20. The zero-order valence-corrected chi connectivity index (χ0v) is 18.5. The third-order valence-electron chi connectivity index (χ3n) is 4.48. The first-order chi connectivity index (χ1) is 15.0. The third-order valence-corrected chi connectivity index (χ3v) is 7.30. The SMILES string of the molecule is CC(C)NS(=O)(=O)c1ccc(-c2cccc3[nH]c(N)nc23)c(-c2nn[nH]n2)c1S(N)(=O)=O. The minimum absolute atomic E-state index is 0.137. The Morgan fingerprint density at radius 2 is 1.81 bits per heavy atom. The minimum Gasteiger partial charge on any atom is -0.369 e. The monoisotopic (exact) mass is 477 g/mol. The highest BCUT2D eigenvalue weighted by Crippen LogP contribution is 2.40. The van der Waals surface area contributed by atoms with Crippen molar-refractivity contribution in [3.05, 3.63) is 30.3 Å². The van der Waals surface area contributed by atoms with Crippen molar-refractivity contribution in [2.24, 2.45) is 5.14 Å². The Balaban J connectivity index is 2.16. The minimum atomic E-state index is -4.58. The average molecular weight is 478 g/mol. The molecule has 4 rings (SSSR count). The van der Waals surface area contributed by atoms with Crippen molar-refractivity contribution in [2.45, 2.75) is 29.7 Å². The standard InChI is InChI=1S/C17H19N9O4S2/c1-8(2)24-32(29,30)12-7-6-9(10-4-3-5-11-14(10)21-17(18)20-11)13(15(12)31(19,27)28)16-22-25-26-23-16/h3-8,24H,1-2H3,(H3,18,20,21)(H2,19,27,28)(H,22,23,25,26). The number of sulfonamides is 2. The van der Waals surface area contributed by atoms with E-state index in [9.17, 15) is 16.8 Å². The second-order valence-electron chi connectivity index (χ2n) is 7.20. The Bertz CT molecular complexity index is 1530. The van der Waals surface area contributed by atoms with Crippen molar-refractivity contribution in [1.82, 2.24) is 35.3 Å². The molecule has 0 bridgehead atoms. The maximum atomic E-state index is 13.0. The topological polar surface area (TPSA) is 215 Å². The third kappa shape index (κ3) is 3.81. The van der Waals surface area contributed by atoms with Crippen molar-refractivity contribution in [3.63, 3.8) is 0 Å². The first-order valence-corrected chi connectivity index (χ1v) is 12.2. The number of imidazole rings is 1. The molecular weight excluding hydrogens is 458 g/mol. The van der Waals surface area contributed by atoms with Crippen LogP contribution in [-0.4, -0.2) is 53.5 Å². The summed E-state index contributed by atoms with van der Waals surface area (Å²) < 4.78 is 53.7. The Labute approximate surface area is 182 Å². The van der Waals surface area contributed by atoms with Gasteiger partial charge in [-0.05, 0) is 36.8 Å². The van der Waals surface area contributed by atoms with Crippen LogP contribution >= 0.6 is 0 Å². The van der Waals surface area contributed by atoms with Gasteiger partial charge < -0.3 is 10.7 Å². The van der Waals surface area contributed by atoms with E-state index in [4.69, 9.17) is 10.9 Å². The molecule has 0 fully saturated rings. The molecule has 0 saturated carbocycles. The summed E-state index contributed by atoms with van der Waals surface area (Å²) in [5.74, 6) is -0.00769. The number of H-pyrrole nitrogens is 2. The summed E-state index contributed by atoms with van der Waals surface area (Å²) in [6, 6.07) is 7.23. The Kier molecular flexibility index (Phi) is 5.20. The smallest absolute Gasteiger partial charge is 0.242 e. The zero-order chi connectivity index (χ0) is 23.3. The Morgan fingerprint density at radius 3 is 2.44 bits per heavy atom. The van der Waals surface area contributed by atoms with Crippen molar-refractivity contribution < 1.29 is 16.8 Å². The predicted octanol–water partition coefficient (Wildman–Crippen LogP) is 0.326. The number of aromatic nitrogens is 6. The van der Waals surface area contributed by atoms with E-state index in [1.807, 2.05) is 0 Å². The molecule has 0 radical (unpaired) electrons. The number of nitrogens with two attached hydrogens (primary N) is 2. The molecule has 0 aliphatic carbocycles. The molecule has 0 saturated heterocycles. The average Bonchev–Trinajstić information content (AvgIpc) is 3.33. The number of nitrogens with zero attached hydrogens (tertiary/aromatic N) is 4. The normalized spacial score (nSPS) is 12.6. The number of tetrazole rings is 1. The fraction of sp³-hybridized carbons (Fsp3) is 0.176. The van der Waals surface area contributed by atoms with E-state index < -0.39 is 35.9 Å². The van der Waals surface area contributed by atoms with Gasteiger partial charge in [-0.2, -0.15) is 5.21 Å². The Hall–Kier alpha value is -3.40. The number of anilines is 1. The number of aromatic amines is 2. The van der Waals surface area contributed by atoms with Crippen LogP contribution in [0.25, 0.3) is 33.5 Å². The lowest BCUT2D eigenvalue weighted by Gasteiger charge is -2.17. The number of hydrogen-bond acceptors (Lipinski definition) is 9. The summed E-state index contributed by atoms with van der Waals surface area (Å²) in [4.78, 5) is 5.96. The highest BCUT2D eigenvalue weighted by atomic mass is 32.2. The predicted molar refractivity (Wildman–Crippen MR) is 116 cm³/mol. The number of benzene rings is 2. The summed E-state index contributed by atoms with van der Waals surface area (Å²) in [7, 11) is -8.84. The molecule has 0 aliphatic rings. The van der Waals surface area contributed by atoms with Gasteiger partial charge in [0, 0.05) is 11.6 Å². The summed E-state index contributed by atoms with van der Waals surface area (Å²) in [5.41, 5.74) is 7.41. The van der Waals surface area contributed by atoms with Crippen LogP contribution in [0.5, 0.6) is 0 Å². The molecule has 13 nitrogen and oxygen atoms in total. The summed E-state index contributed by atoms with van der Waals surface area (Å²) in [6.07, 6.45) is 0. The van der Waals surface area contributed by atoms with Crippen molar-refractivity contribution in [1.29, 1.82) is 0 Å². The van der Waals surface area contributed by atoms with Crippen LogP contribution in [0.15, 0.2) is 40.1 Å². The van der Waals surface area contributed by atoms with E-state index >= 15 is 0 Å². The zero-order valence-electron chi connectivity index (χ0n) is 16.9. The van der Waals surface area contributed by atoms with Crippen molar-refractivity contribution >= 4 is 37.0 Å². The van der Waals surface area contributed by atoms with Gasteiger partial charge in [-0.3, -0.25) is 0 Å². The van der Waals surface area contributed by atoms with Crippen LogP contribution in [0.2, 0.25) is 0 Å². The van der Waals surface area contributed by atoms with Crippen LogP contribution in [-0.2, 0) is 20.0 Å². The van der Waals surface area contributed by atoms with Gasteiger partial charge in [-0.15, -0.1) is 10.2 Å². The molecule has 168 valence electrons. The number of primary sulfonamides is 1. The molecule has 0 spiro atoms. The summed E-state index contributed by atoms with van der Waals surface area (Å²) >= 11 is 0. The van der Waals surface area contributed by atoms with E-state index in [2.05, 4.69) is 35.3 Å². The molecule has 32 heavy (non-hydrogen) atoms. The first-order valence-electron chi connectivity index (χ1n) is 9.19. The van der Waals surface area contributed by atoms with Gasteiger partial charge in [0.25, 0.3) is 0 Å². The molecule has 15 heteroatoms. The van der Waals surface area contributed by atoms with Gasteiger partial charge in [0.15, 0.2) is 5.95 Å². The van der Waals surface area contributed by atoms with Gasteiger partial charge in [0.1, 0.15) is 9.79 Å². The highest BCUT2D eigenvalue weighted by molar-refractivity contribution is 7.92. The first kappa shape index (κ1) is 21.8. The van der Waals surface area contributed by atoms with Crippen LogP contribution in [0.3, 0.4) is 0 Å². The Morgan fingerprint density at radius 1 is 1.06 bits per heavy atom. The molecule has 0 aliphatic heterocycles. The fourth-order valence-electron chi connectivity index (χ4n) is 3.41. The number of para-hydroxylation sites is 1. The molecule has 0 amide bonds. The number of nitrogen functional groups attached to an aromatic ring is 1. The molecule has 2 aromatic heterocycles. The van der Waals surface area contributed by atoms with Crippen molar-refractivity contribution in [3.8, 4) is 22.5 Å². The second kappa shape index (κ2) is 7.63. The van der Waals surface area contributed by atoms with Crippen molar-refractivity contribution in [2.75, 3.05) is 5.73 Å². The van der Waals surface area contributed by atoms with Crippen LogP contribution in [0.4, 0.5) is 5.95 Å². The van der Waals surface area contributed by atoms with Gasteiger partial charge in [-0.25, -0.2) is 31.7 Å². The lowest BCUT2D eigenvalue weighted by atomic mass is 9.98. The summed E-state index contributed by atoms with van der Waals surface area (Å²) in [5, 5.41) is 19.0. The number of fused-ring (bicyclic) bond motifs is 1. The fourth-order valence-corrected chi connectivity index (χ4v) is 6.27. The molecule has 0 atom stereocenters. The largest absolute Gasteiger partial charge is 0.369 e. The molecule has 2 heterocycles. The van der Waals surface area contributed by atoms with E-state index in [1.54, 1.807) is 32.0 Å². The molecule has 2 aromatic carbocycles. The highest BCUT2D eigenvalue weighted by Gasteiger charge is 2.32. The van der Waals surface area contributed by atoms with Gasteiger partial charge in [0.05, 0.1) is 16.6 Å². The van der Waals surface area contributed by atoms with Crippen LogP contribution < -0.4 is 15.6 Å². The number of rotatable bonds is 6. The lowest BCUT2D eigenvalue weighted by molar-refractivity contribution is 0.563. The molecular formula is C17H19N9O4S2. The van der Waals surface area contributed by atoms with Crippen LogP contribution in [0, 0.1) is 0 Å². The maximum Gasteiger partial charge on any atom is 0.242 e. The van der Waals surface area contributed by atoms with E-state index in [0.29, 0.717) is 16.6 Å². The van der Waals surface area contributed by atoms with Gasteiger partial charge >= 0.3 is 0 Å². The quantitative estimate of drug-likeness (QED) is 0.258.